The number of nitrogens with one attached hydrogen (secondary N) is 2. The number of anilines is 1. The molecule has 2 N–H and O–H groups in total. The Hall–Kier alpha value is -2.70. The van der Waals surface area contributed by atoms with E-state index in [2.05, 4.69) is 10.3 Å². The smallest absolute Gasteiger partial charge is 0.411 e. The molecule has 2 heterocycles. The van der Waals surface area contributed by atoms with Crippen LogP contribution in [0.15, 0.2) is 42.5 Å². The van der Waals surface area contributed by atoms with Crippen molar-refractivity contribution in [3.8, 4) is 0 Å². The molecule has 2 amide bonds. The Labute approximate surface area is 190 Å². The molecule has 0 radical (unpaired) electrons. The predicted molar refractivity (Wildman–Crippen MR) is 123 cm³/mol. The standard InChI is InChI=1S/C23H23Cl2N3O3/c1-23(2,3)31-22(30)28-11-10-16-17-12-14(25)6-9-18(17)27-19(16)20(28)21(29)26-15-7-4-13(24)5-8-15/h4-9,12,20,27H,10-11H2,1-3H3,(H,26,29). The van der Waals surface area contributed by atoms with Crippen LogP contribution in [0.25, 0.3) is 10.9 Å². The number of ether oxygens (including phenoxy) is 1. The van der Waals surface area contributed by atoms with E-state index < -0.39 is 17.7 Å². The number of halogens is 2. The third kappa shape index (κ3) is 4.50. The molecule has 31 heavy (non-hydrogen) atoms. The quantitative estimate of drug-likeness (QED) is 0.497. The topological polar surface area (TPSA) is 74.4 Å². The third-order valence-electron chi connectivity index (χ3n) is 5.08. The van der Waals surface area contributed by atoms with Crippen LogP contribution >= 0.6 is 23.2 Å². The summed E-state index contributed by atoms with van der Waals surface area (Å²) < 4.78 is 5.59. The Morgan fingerprint density at radius 1 is 1.10 bits per heavy atom. The second-order valence-electron chi connectivity index (χ2n) is 8.53. The lowest BCUT2D eigenvalue weighted by Crippen LogP contribution is -2.47. The fourth-order valence-corrected chi connectivity index (χ4v) is 4.09. The van der Waals surface area contributed by atoms with E-state index in [4.69, 9.17) is 27.9 Å². The van der Waals surface area contributed by atoms with Crippen molar-refractivity contribution in [1.82, 2.24) is 9.88 Å². The van der Waals surface area contributed by atoms with Crippen molar-refractivity contribution in [2.24, 2.45) is 0 Å². The lowest BCUT2D eigenvalue weighted by Gasteiger charge is -2.35. The summed E-state index contributed by atoms with van der Waals surface area (Å²) in [5.74, 6) is -0.341. The summed E-state index contributed by atoms with van der Waals surface area (Å²) in [6, 6.07) is 11.5. The molecule has 6 nitrogen and oxygen atoms in total. The van der Waals surface area contributed by atoms with E-state index in [1.807, 2.05) is 12.1 Å². The number of rotatable bonds is 2. The van der Waals surface area contributed by atoms with E-state index in [9.17, 15) is 9.59 Å². The molecule has 0 spiro atoms. The summed E-state index contributed by atoms with van der Waals surface area (Å²) in [5, 5.41) is 5.03. The molecule has 0 aliphatic carbocycles. The fourth-order valence-electron chi connectivity index (χ4n) is 3.79. The number of carbonyl (C=O) groups excluding carboxylic acids is 2. The van der Waals surface area contributed by atoms with Gasteiger partial charge < -0.3 is 15.0 Å². The van der Waals surface area contributed by atoms with E-state index in [-0.39, 0.29) is 5.91 Å². The second-order valence-corrected chi connectivity index (χ2v) is 9.40. The summed E-state index contributed by atoms with van der Waals surface area (Å²) in [6.45, 7) is 5.75. The zero-order valence-electron chi connectivity index (χ0n) is 17.5. The van der Waals surface area contributed by atoms with Crippen molar-refractivity contribution in [2.75, 3.05) is 11.9 Å². The van der Waals surface area contributed by atoms with Crippen molar-refractivity contribution >= 4 is 51.8 Å². The third-order valence-corrected chi connectivity index (χ3v) is 5.56. The highest BCUT2D eigenvalue weighted by Crippen LogP contribution is 2.37. The van der Waals surface area contributed by atoms with Gasteiger partial charge >= 0.3 is 6.09 Å². The van der Waals surface area contributed by atoms with Gasteiger partial charge in [-0.25, -0.2) is 4.79 Å². The highest BCUT2D eigenvalue weighted by atomic mass is 35.5. The molecule has 1 unspecified atom stereocenters. The number of nitrogens with zero attached hydrogens (tertiary/aromatic N) is 1. The van der Waals surface area contributed by atoms with E-state index >= 15 is 0 Å². The van der Waals surface area contributed by atoms with E-state index in [1.165, 1.54) is 4.90 Å². The maximum atomic E-state index is 13.4. The average Bonchev–Trinajstić information content (AvgIpc) is 3.05. The first kappa shape index (κ1) is 21.5. The van der Waals surface area contributed by atoms with Crippen LogP contribution in [0.5, 0.6) is 0 Å². The maximum Gasteiger partial charge on any atom is 0.411 e. The summed E-state index contributed by atoms with van der Waals surface area (Å²) in [5.41, 5.74) is 2.42. The number of fused-ring (bicyclic) bond motifs is 3. The van der Waals surface area contributed by atoms with Crippen LogP contribution < -0.4 is 5.32 Å². The van der Waals surface area contributed by atoms with E-state index in [1.54, 1.807) is 51.1 Å². The molecule has 1 aliphatic rings. The van der Waals surface area contributed by atoms with Crippen LogP contribution in [0.1, 0.15) is 38.1 Å². The zero-order chi connectivity index (χ0) is 22.3. The van der Waals surface area contributed by atoms with Gasteiger partial charge in [0.25, 0.3) is 5.91 Å². The molecule has 4 rings (SSSR count). The molecule has 2 aromatic carbocycles. The highest BCUT2D eigenvalue weighted by molar-refractivity contribution is 6.31. The molecule has 1 atom stereocenters. The van der Waals surface area contributed by atoms with Crippen molar-refractivity contribution in [2.45, 2.75) is 38.8 Å². The molecule has 0 fully saturated rings. The van der Waals surface area contributed by atoms with Gasteiger partial charge in [0.1, 0.15) is 5.60 Å². The van der Waals surface area contributed by atoms with Gasteiger partial charge in [0.2, 0.25) is 0 Å². The number of aromatic nitrogens is 1. The minimum atomic E-state index is -0.875. The van der Waals surface area contributed by atoms with Crippen molar-refractivity contribution < 1.29 is 14.3 Å². The monoisotopic (exact) mass is 459 g/mol. The first-order valence-corrected chi connectivity index (χ1v) is 10.7. The molecular formula is C23H23Cl2N3O3. The van der Waals surface area contributed by atoms with Crippen molar-refractivity contribution in [1.29, 1.82) is 0 Å². The molecule has 0 saturated heterocycles. The van der Waals surface area contributed by atoms with Crippen molar-refractivity contribution in [3.05, 3.63) is 63.8 Å². The molecular weight excluding hydrogens is 437 g/mol. The first-order chi connectivity index (χ1) is 14.6. The predicted octanol–water partition coefficient (Wildman–Crippen LogP) is 5.95. The normalized spacial score (nSPS) is 16.2. The highest BCUT2D eigenvalue weighted by Gasteiger charge is 2.40. The second kappa shape index (κ2) is 8.09. The van der Waals surface area contributed by atoms with Crippen molar-refractivity contribution in [3.63, 3.8) is 0 Å². The summed E-state index contributed by atoms with van der Waals surface area (Å²) in [7, 11) is 0. The van der Waals surface area contributed by atoms with E-state index in [0.29, 0.717) is 34.4 Å². The van der Waals surface area contributed by atoms with Gasteiger partial charge in [-0.15, -0.1) is 0 Å². The van der Waals surface area contributed by atoms with Gasteiger partial charge in [0, 0.05) is 33.2 Å². The van der Waals surface area contributed by atoms with Crippen LogP contribution in [0.4, 0.5) is 10.5 Å². The number of H-pyrrole nitrogens is 1. The number of hydrogen-bond donors (Lipinski definition) is 2. The van der Waals surface area contributed by atoms with Crippen LogP contribution in [-0.4, -0.2) is 34.0 Å². The number of amides is 2. The Morgan fingerprint density at radius 3 is 2.45 bits per heavy atom. The molecule has 0 saturated carbocycles. The summed E-state index contributed by atoms with van der Waals surface area (Å²) >= 11 is 12.2. The van der Waals surface area contributed by atoms with Gasteiger partial charge in [-0.3, -0.25) is 9.69 Å². The number of benzene rings is 2. The molecule has 0 bridgehead atoms. The SMILES string of the molecule is CC(C)(C)OC(=O)N1CCc2c([nH]c3ccc(Cl)cc23)C1C(=O)Nc1ccc(Cl)cc1. The first-order valence-electron chi connectivity index (χ1n) is 9.98. The average molecular weight is 460 g/mol. The van der Waals surface area contributed by atoms with Crippen LogP contribution in [0.2, 0.25) is 10.0 Å². The van der Waals surface area contributed by atoms with Crippen LogP contribution in [-0.2, 0) is 16.0 Å². The summed E-state index contributed by atoms with van der Waals surface area (Å²) in [4.78, 5) is 31.2. The lowest BCUT2D eigenvalue weighted by atomic mass is 9.97. The van der Waals surface area contributed by atoms with E-state index in [0.717, 1.165) is 16.5 Å². The molecule has 162 valence electrons. The Bertz CT molecular complexity index is 1150. The van der Waals surface area contributed by atoms with Crippen LogP contribution in [0, 0.1) is 0 Å². The Balaban J connectivity index is 1.75. The number of aromatic amines is 1. The largest absolute Gasteiger partial charge is 0.444 e. The Morgan fingerprint density at radius 2 is 1.77 bits per heavy atom. The maximum absolute atomic E-state index is 13.4. The van der Waals surface area contributed by atoms with Gasteiger partial charge in [-0.1, -0.05) is 23.2 Å². The minimum Gasteiger partial charge on any atom is -0.444 e. The van der Waals surface area contributed by atoms with Crippen LogP contribution in [0.3, 0.4) is 0 Å². The van der Waals surface area contributed by atoms with Gasteiger partial charge in [-0.05, 0) is 75.2 Å². The number of carbonyl (C=O) groups is 2. The summed E-state index contributed by atoms with van der Waals surface area (Å²) in [6.07, 6.45) is 0.0470. The van der Waals surface area contributed by atoms with Gasteiger partial charge in [-0.2, -0.15) is 0 Å². The van der Waals surface area contributed by atoms with Gasteiger partial charge in [0.05, 0.1) is 5.69 Å². The van der Waals surface area contributed by atoms with Gasteiger partial charge in [0.15, 0.2) is 6.04 Å². The molecule has 3 aromatic rings. The Kier molecular flexibility index (Phi) is 5.62. The minimum absolute atomic E-state index is 0.341. The number of hydrogen-bond acceptors (Lipinski definition) is 3. The lowest BCUT2D eigenvalue weighted by molar-refractivity contribution is -0.122. The molecule has 1 aromatic heterocycles. The zero-order valence-corrected chi connectivity index (χ0v) is 19.0. The molecule has 1 aliphatic heterocycles. The molecule has 8 heteroatoms. The fraction of sp³-hybridized carbons (Fsp3) is 0.304.